The molecule has 0 fully saturated rings. The van der Waals surface area contributed by atoms with Crippen LogP contribution >= 0.6 is 11.3 Å². The summed E-state index contributed by atoms with van der Waals surface area (Å²) in [4.78, 5) is 17.2. The van der Waals surface area contributed by atoms with Crippen LogP contribution in [0.5, 0.6) is 5.75 Å². The summed E-state index contributed by atoms with van der Waals surface area (Å²) in [5, 5.41) is 9.55. The second-order valence-electron chi connectivity index (χ2n) is 5.46. The SMILES string of the molecule is COc1ccc(-c2cn3c(-c4ccccc4)c(C(=O)O)sc3n2)cc1. The predicted octanol–water partition coefficient (Wildman–Crippen LogP) is 4.44. The van der Waals surface area contributed by atoms with Crippen molar-refractivity contribution in [1.29, 1.82) is 0 Å². The summed E-state index contributed by atoms with van der Waals surface area (Å²) in [5.74, 6) is -0.164. The third-order valence-corrected chi connectivity index (χ3v) is 4.99. The van der Waals surface area contributed by atoms with Crippen LogP contribution in [0.15, 0.2) is 60.8 Å². The van der Waals surface area contributed by atoms with E-state index < -0.39 is 5.97 Å². The lowest BCUT2D eigenvalue weighted by molar-refractivity contribution is 0.0702. The van der Waals surface area contributed by atoms with Gasteiger partial charge in [-0.25, -0.2) is 9.78 Å². The molecule has 0 aliphatic carbocycles. The molecule has 124 valence electrons. The fraction of sp³-hybridized carbons (Fsp3) is 0.0526. The number of rotatable bonds is 4. The molecule has 5 nitrogen and oxygen atoms in total. The number of hydrogen-bond donors (Lipinski definition) is 1. The Morgan fingerprint density at radius 3 is 2.44 bits per heavy atom. The molecule has 0 saturated heterocycles. The number of thiazole rings is 1. The first kappa shape index (κ1) is 15.4. The largest absolute Gasteiger partial charge is 0.497 e. The van der Waals surface area contributed by atoms with Gasteiger partial charge in [0.05, 0.1) is 18.5 Å². The number of carbonyl (C=O) groups is 1. The monoisotopic (exact) mass is 350 g/mol. The van der Waals surface area contributed by atoms with Crippen LogP contribution in [0.25, 0.3) is 27.5 Å². The number of imidazole rings is 1. The highest BCUT2D eigenvalue weighted by Crippen LogP contribution is 2.34. The quantitative estimate of drug-likeness (QED) is 0.591. The maximum atomic E-state index is 11.6. The standard InChI is InChI=1S/C19H14N2O3S/c1-24-14-9-7-12(8-10-14)15-11-21-16(13-5-3-2-4-6-13)17(18(22)23)25-19(21)20-15/h2-11H,1H3,(H,22,23). The summed E-state index contributed by atoms with van der Waals surface area (Å²) in [5.41, 5.74) is 3.25. The first-order chi connectivity index (χ1) is 12.2. The smallest absolute Gasteiger partial charge is 0.348 e. The van der Waals surface area contributed by atoms with Crippen molar-refractivity contribution in [3.05, 3.63) is 65.7 Å². The van der Waals surface area contributed by atoms with Crippen LogP contribution in [0.3, 0.4) is 0 Å². The van der Waals surface area contributed by atoms with E-state index in [4.69, 9.17) is 4.74 Å². The van der Waals surface area contributed by atoms with Crippen molar-refractivity contribution in [3.63, 3.8) is 0 Å². The first-order valence-corrected chi connectivity index (χ1v) is 8.44. The molecule has 0 aliphatic rings. The normalized spacial score (nSPS) is 10.9. The number of methoxy groups -OCH3 is 1. The van der Waals surface area contributed by atoms with Gasteiger partial charge in [-0.3, -0.25) is 4.40 Å². The van der Waals surface area contributed by atoms with Crippen molar-refractivity contribution < 1.29 is 14.6 Å². The molecule has 0 bridgehead atoms. The van der Waals surface area contributed by atoms with Gasteiger partial charge in [0.15, 0.2) is 4.96 Å². The highest BCUT2D eigenvalue weighted by atomic mass is 32.1. The van der Waals surface area contributed by atoms with E-state index in [0.717, 1.165) is 22.6 Å². The average Bonchev–Trinajstić information content (AvgIpc) is 3.20. The number of fused-ring (bicyclic) bond motifs is 1. The number of hydrogen-bond acceptors (Lipinski definition) is 4. The summed E-state index contributed by atoms with van der Waals surface area (Å²) in [6.07, 6.45) is 1.88. The molecule has 0 saturated carbocycles. The summed E-state index contributed by atoms with van der Waals surface area (Å²) < 4.78 is 7.03. The Morgan fingerprint density at radius 2 is 1.80 bits per heavy atom. The van der Waals surface area contributed by atoms with E-state index in [1.54, 1.807) is 7.11 Å². The third kappa shape index (κ3) is 2.66. The molecule has 4 rings (SSSR count). The van der Waals surface area contributed by atoms with Crippen LogP contribution in [0, 0.1) is 0 Å². The Hall–Kier alpha value is -3.12. The van der Waals surface area contributed by atoms with E-state index in [0.29, 0.717) is 10.7 Å². The van der Waals surface area contributed by atoms with Crippen molar-refractivity contribution in [2.45, 2.75) is 0 Å². The number of ether oxygens (including phenoxy) is 1. The average molecular weight is 350 g/mol. The van der Waals surface area contributed by atoms with Crippen LogP contribution in [0.4, 0.5) is 0 Å². The van der Waals surface area contributed by atoms with Crippen LogP contribution in [0.1, 0.15) is 9.67 Å². The molecule has 0 spiro atoms. The zero-order valence-electron chi connectivity index (χ0n) is 13.3. The fourth-order valence-corrected chi connectivity index (χ4v) is 3.73. The Kier molecular flexibility index (Phi) is 3.74. The lowest BCUT2D eigenvalue weighted by Gasteiger charge is -2.02. The molecule has 2 aromatic heterocycles. The van der Waals surface area contributed by atoms with Gasteiger partial charge in [-0.1, -0.05) is 41.7 Å². The lowest BCUT2D eigenvalue weighted by atomic mass is 10.1. The van der Waals surface area contributed by atoms with Gasteiger partial charge in [0.25, 0.3) is 0 Å². The predicted molar refractivity (Wildman–Crippen MR) is 97.5 cm³/mol. The number of carboxylic acid groups (broad SMARTS) is 1. The van der Waals surface area contributed by atoms with Crippen LogP contribution < -0.4 is 4.74 Å². The molecule has 0 aliphatic heterocycles. The lowest BCUT2D eigenvalue weighted by Crippen LogP contribution is -1.97. The molecule has 1 N–H and O–H groups in total. The summed E-state index contributed by atoms with van der Waals surface area (Å²) >= 11 is 1.18. The van der Waals surface area contributed by atoms with Crippen LogP contribution in [-0.2, 0) is 0 Å². The van der Waals surface area contributed by atoms with E-state index >= 15 is 0 Å². The zero-order valence-corrected chi connectivity index (χ0v) is 14.2. The molecule has 2 heterocycles. The highest BCUT2D eigenvalue weighted by molar-refractivity contribution is 7.19. The number of nitrogens with zero attached hydrogens (tertiary/aromatic N) is 2. The molecule has 4 aromatic rings. The van der Waals surface area contributed by atoms with E-state index in [2.05, 4.69) is 4.98 Å². The van der Waals surface area contributed by atoms with Gasteiger partial charge in [-0.05, 0) is 24.3 Å². The van der Waals surface area contributed by atoms with Crippen molar-refractivity contribution in [3.8, 4) is 28.3 Å². The number of benzene rings is 2. The highest BCUT2D eigenvalue weighted by Gasteiger charge is 2.21. The van der Waals surface area contributed by atoms with Gasteiger partial charge in [0.1, 0.15) is 10.6 Å². The van der Waals surface area contributed by atoms with Crippen LogP contribution in [0.2, 0.25) is 0 Å². The fourth-order valence-electron chi connectivity index (χ4n) is 2.76. The van der Waals surface area contributed by atoms with Crippen molar-refractivity contribution in [2.24, 2.45) is 0 Å². The molecule has 6 heteroatoms. The van der Waals surface area contributed by atoms with Gasteiger partial charge in [0, 0.05) is 17.3 Å². The Balaban J connectivity index is 1.89. The minimum absolute atomic E-state index is 0.287. The summed E-state index contributed by atoms with van der Waals surface area (Å²) in [6, 6.07) is 17.1. The molecular formula is C19H14N2O3S. The van der Waals surface area contributed by atoms with E-state index in [1.165, 1.54) is 11.3 Å². The minimum atomic E-state index is -0.944. The Morgan fingerprint density at radius 1 is 1.08 bits per heavy atom. The second kappa shape index (κ2) is 6.07. The number of aromatic carboxylic acids is 1. The topological polar surface area (TPSA) is 63.8 Å². The zero-order chi connectivity index (χ0) is 17.4. The van der Waals surface area contributed by atoms with Crippen molar-refractivity contribution in [1.82, 2.24) is 9.38 Å². The van der Waals surface area contributed by atoms with Crippen molar-refractivity contribution >= 4 is 22.3 Å². The molecule has 0 amide bonds. The van der Waals surface area contributed by atoms with E-state index in [1.807, 2.05) is 65.2 Å². The molecule has 0 unspecified atom stereocenters. The van der Waals surface area contributed by atoms with E-state index in [-0.39, 0.29) is 4.88 Å². The number of aromatic nitrogens is 2. The third-order valence-electron chi connectivity index (χ3n) is 3.95. The first-order valence-electron chi connectivity index (χ1n) is 7.62. The second-order valence-corrected chi connectivity index (χ2v) is 6.44. The Labute approximate surface area is 147 Å². The molecule has 2 aromatic carbocycles. The summed E-state index contributed by atoms with van der Waals surface area (Å²) in [6.45, 7) is 0. The van der Waals surface area contributed by atoms with Gasteiger partial charge < -0.3 is 9.84 Å². The van der Waals surface area contributed by atoms with E-state index in [9.17, 15) is 9.90 Å². The molecular weight excluding hydrogens is 336 g/mol. The molecule has 0 radical (unpaired) electrons. The van der Waals surface area contributed by atoms with Gasteiger partial charge >= 0.3 is 5.97 Å². The van der Waals surface area contributed by atoms with Crippen molar-refractivity contribution in [2.75, 3.05) is 7.11 Å². The maximum Gasteiger partial charge on any atom is 0.348 e. The molecule has 25 heavy (non-hydrogen) atoms. The van der Waals surface area contributed by atoms with Gasteiger partial charge in [0.2, 0.25) is 0 Å². The van der Waals surface area contributed by atoms with Crippen LogP contribution in [-0.4, -0.2) is 27.6 Å². The Bertz CT molecular complexity index is 1050. The number of carboxylic acids is 1. The minimum Gasteiger partial charge on any atom is -0.497 e. The van der Waals surface area contributed by atoms with Gasteiger partial charge in [-0.15, -0.1) is 0 Å². The molecule has 0 atom stereocenters. The summed E-state index contributed by atoms with van der Waals surface area (Å²) in [7, 11) is 1.63. The van der Waals surface area contributed by atoms with Gasteiger partial charge in [-0.2, -0.15) is 0 Å². The maximum absolute atomic E-state index is 11.6.